The average Bonchev–Trinajstić information content (AvgIpc) is 2.41. The van der Waals surface area contributed by atoms with Crippen LogP contribution >= 0.6 is 0 Å². The Morgan fingerprint density at radius 1 is 1.45 bits per heavy atom. The smallest absolute Gasteiger partial charge is 0.272 e. The van der Waals surface area contributed by atoms with Crippen LogP contribution in [0.2, 0.25) is 0 Å². The van der Waals surface area contributed by atoms with E-state index in [-0.39, 0.29) is 24.0 Å². The lowest BCUT2D eigenvalue weighted by Crippen LogP contribution is -2.47. The minimum Gasteiger partial charge on any atom is -0.385 e. The molecule has 2 N–H and O–H groups in total. The van der Waals surface area contributed by atoms with E-state index in [0.29, 0.717) is 17.2 Å². The van der Waals surface area contributed by atoms with E-state index in [2.05, 4.69) is 20.6 Å². The SMILES string of the molecule is CNc1cnc(C(C)C)nc1C(=O)NC1CC(OC)C1. The summed E-state index contributed by atoms with van der Waals surface area (Å²) in [6, 6.07) is 0.176. The molecule has 0 spiro atoms. The van der Waals surface area contributed by atoms with E-state index in [0.717, 1.165) is 12.8 Å². The average molecular weight is 278 g/mol. The summed E-state index contributed by atoms with van der Waals surface area (Å²) in [7, 11) is 3.45. The number of hydrogen-bond donors (Lipinski definition) is 2. The molecule has 0 radical (unpaired) electrons. The van der Waals surface area contributed by atoms with Crippen molar-refractivity contribution in [1.29, 1.82) is 0 Å². The summed E-state index contributed by atoms with van der Waals surface area (Å²) in [5.41, 5.74) is 1.06. The summed E-state index contributed by atoms with van der Waals surface area (Å²) in [5, 5.41) is 5.95. The van der Waals surface area contributed by atoms with Gasteiger partial charge in [-0.3, -0.25) is 4.79 Å². The monoisotopic (exact) mass is 278 g/mol. The zero-order valence-corrected chi connectivity index (χ0v) is 12.4. The zero-order valence-electron chi connectivity index (χ0n) is 12.4. The first-order valence-corrected chi connectivity index (χ1v) is 6.93. The van der Waals surface area contributed by atoms with Gasteiger partial charge in [-0.15, -0.1) is 0 Å². The van der Waals surface area contributed by atoms with Crippen molar-refractivity contribution >= 4 is 11.6 Å². The first kappa shape index (κ1) is 14.7. The molecule has 1 aromatic rings. The number of ether oxygens (including phenoxy) is 1. The molecule has 20 heavy (non-hydrogen) atoms. The van der Waals surface area contributed by atoms with Crippen molar-refractivity contribution in [2.75, 3.05) is 19.5 Å². The third-order valence-electron chi connectivity index (χ3n) is 3.57. The normalized spacial score (nSPS) is 21.4. The van der Waals surface area contributed by atoms with Gasteiger partial charge in [-0.1, -0.05) is 13.8 Å². The quantitative estimate of drug-likeness (QED) is 0.854. The maximum absolute atomic E-state index is 12.3. The maximum Gasteiger partial charge on any atom is 0.272 e. The van der Waals surface area contributed by atoms with Gasteiger partial charge >= 0.3 is 0 Å². The largest absolute Gasteiger partial charge is 0.385 e. The Labute approximate surface area is 119 Å². The highest BCUT2D eigenvalue weighted by Gasteiger charge is 2.31. The predicted molar refractivity (Wildman–Crippen MR) is 77.0 cm³/mol. The summed E-state index contributed by atoms with van der Waals surface area (Å²) in [4.78, 5) is 20.9. The van der Waals surface area contributed by atoms with Gasteiger partial charge in [0.05, 0.1) is 18.0 Å². The number of methoxy groups -OCH3 is 1. The third-order valence-corrected chi connectivity index (χ3v) is 3.57. The summed E-state index contributed by atoms with van der Waals surface area (Å²) in [6.45, 7) is 4.01. The molecule has 1 aliphatic carbocycles. The number of aromatic nitrogens is 2. The molecule has 1 saturated carbocycles. The Kier molecular flexibility index (Phi) is 4.54. The van der Waals surface area contributed by atoms with Crippen LogP contribution in [0.25, 0.3) is 0 Å². The molecular formula is C14H22N4O2. The number of hydrogen-bond acceptors (Lipinski definition) is 5. The van der Waals surface area contributed by atoms with E-state index in [1.165, 1.54) is 0 Å². The van der Waals surface area contributed by atoms with E-state index in [9.17, 15) is 4.79 Å². The molecule has 0 aromatic carbocycles. The van der Waals surface area contributed by atoms with E-state index in [1.54, 1.807) is 20.4 Å². The van der Waals surface area contributed by atoms with Gasteiger partial charge in [-0.2, -0.15) is 0 Å². The van der Waals surface area contributed by atoms with Crippen LogP contribution in [0.15, 0.2) is 6.20 Å². The number of anilines is 1. The molecule has 0 aliphatic heterocycles. The number of nitrogens with zero attached hydrogens (tertiary/aromatic N) is 2. The number of rotatable bonds is 5. The highest BCUT2D eigenvalue weighted by Crippen LogP contribution is 2.23. The van der Waals surface area contributed by atoms with Crippen molar-refractivity contribution in [3.8, 4) is 0 Å². The molecule has 2 rings (SSSR count). The van der Waals surface area contributed by atoms with Crippen molar-refractivity contribution in [3.63, 3.8) is 0 Å². The Morgan fingerprint density at radius 2 is 2.15 bits per heavy atom. The highest BCUT2D eigenvalue weighted by molar-refractivity contribution is 5.97. The van der Waals surface area contributed by atoms with E-state index in [4.69, 9.17) is 4.74 Å². The van der Waals surface area contributed by atoms with E-state index >= 15 is 0 Å². The molecular weight excluding hydrogens is 256 g/mol. The molecule has 1 aromatic heterocycles. The molecule has 0 atom stereocenters. The summed E-state index contributed by atoms with van der Waals surface area (Å²) >= 11 is 0. The van der Waals surface area contributed by atoms with Gasteiger partial charge in [0.2, 0.25) is 0 Å². The van der Waals surface area contributed by atoms with Gasteiger partial charge in [0.15, 0.2) is 5.69 Å². The van der Waals surface area contributed by atoms with Crippen LogP contribution in [0.5, 0.6) is 0 Å². The van der Waals surface area contributed by atoms with Crippen LogP contribution < -0.4 is 10.6 Å². The Hall–Kier alpha value is -1.69. The summed E-state index contributed by atoms with van der Waals surface area (Å²) in [6.07, 6.45) is 3.65. The Balaban J connectivity index is 2.09. The summed E-state index contributed by atoms with van der Waals surface area (Å²) in [5.74, 6) is 0.713. The van der Waals surface area contributed by atoms with Crippen molar-refractivity contribution in [2.45, 2.75) is 44.8 Å². The van der Waals surface area contributed by atoms with E-state index in [1.807, 2.05) is 13.8 Å². The van der Waals surface area contributed by atoms with Gasteiger partial charge in [-0.25, -0.2) is 9.97 Å². The minimum atomic E-state index is -0.154. The number of amides is 1. The first-order valence-electron chi connectivity index (χ1n) is 6.93. The lowest BCUT2D eigenvalue weighted by molar-refractivity contribution is 0.0175. The molecule has 110 valence electrons. The van der Waals surface area contributed by atoms with Gasteiger partial charge in [0.25, 0.3) is 5.91 Å². The lowest BCUT2D eigenvalue weighted by atomic mass is 9.89. The fourth-order valence-electron chi connectivity index (χ4n) is 2.16. The number of carbonyl (C=O) groups is 1. The van der Waals surface area contributed by atoms with Crippen LogP contribution in [0.4, 0.5) is 5.69 Å². The number of carbonyl (C=O) groups excluding carboxylic acids is 1. The van der Waals surface area contributed by atoms with Gasteiger partial charge < -0.3 is 15.4 Å². The first-order chi connectivity index (χ1) is 9.55. The van der Waals surface area contributed by atoms with Crippen LogP contribution in [0.1, 0.15) is 48.9 Å². The third kappa shape index (κ3) is 3.07. The Bertz CT molecular complexity index is 484. The second-order valence-electron chi connectivity index (χ2n) is 5.39. The van der Waals surface area contributed by atoms with Crippen LogP contribution in [-0.4, -0.2) is 42.2 Å². The summed E-state index contributed by atoms with van der Waals surface area (Å²) < 4.78 is 5.21. The molecule has 0 bridgehead atoms. The van der Waals surface area contributed by atoms with Crippen molar-refractivity contribution in [3.05, 3.63) is 17.7 Å². The fraction of sp³-hybridized carbons (Fsp3) is 0.643. The molecule has 6 nitrogen and oxygen atoms in total. The topological polar surface area (TPSA) is 76.1 Å². The standard InChI is InChI=1S/C14H22N4O2/c1-8(2)13-16-7-11(15-3)12(18-13)14(19)17-9-5-10(6-9)20-4/h7-10,15H,5-6H2,1-4H3,(H,17,19). The van der Waals surface area contributed by atoms with Gasteiger partial charge in [0.1, 0.15) is 5.82 Å². The van der Waals surface area contributed by atoms with Crippen molar-refractivity contribution in [2.24, 2.45) is 0 Å². The van der Waals surface area contributed by atoms with Crippen LogP contribution in [-0.2, 0) is 4.74 Å². The second kappa shape index (κ2) is 6.17. The second-order valence-corrected chi connectivity index (χ2v) is 5.39. The van der Waals surface area contributed by atoms with Crippen molar-refractivity contribution in [1.82, 2.24) is 15.3 Å². The molecule has 0 saturated heterocycles. The van der Waals surface area contributed by atoms with Crippen molar-refractivity contribution < 1.29 is 9.53 Å². The predicted octanol–water partition coefficient (Wildman–Crippen LogP) is 1.55. The van der Waals surface area contributed by atoms with Crippen LogP contribution in [0, 0.1) is 0 Å². The molecule has 1 fully saturated rings. The van der Waals surface area contributed by atoms with E-state index < -0.39 is 0 Å². The molecule has 1 amide bonds. The highest BCUT2D eigenvalue weighted by atomic mass is 16.5. The van der Waals surface area contributed by atoms with Gasteiger partial charge in [0, 0.05) is 26.1 Å². The zero-order chi connectivity index (χ0) is 14.7. The molecule has 1 aliphatic rings. The van der Waals surface area contributed by atoms with Gasteiger partial charge in [-0.05, 0) is 12.8 Å². The molecule has 6 heteroatoms. The van der Waals surface area contributed by atoms with Crippen LogP contribution in [0.3, 0.4) is 0 Å². The molecule has 1 heterocycles. The molecule has 0 unspecified atom stereocenters. The fourth-order valence-corrected chi connectivity index (χ4v) is 2.16. The lowest BCUT2D eigenvalue weighted by Gasteiger charge is -2.34. The minimum absolute atomic E-state index is 0.154. The number of nitrogens with one attached hydrogen (secondary N) is 2. The maximum atomic E-state index is 12.3. The Morgan fingerprint density at radius 3 is 2.70 bits per heavy atom.